The van der Waals surface area contributed by atoms with Crippen LogP contribution in [0.15, 0.2) is 42.0 Å². The van der Waals surface area contributed by atoms with Crippen LogP contribution in [0.1, 0.15) is 88.1 Å². The Bertz CT molecular complexity index is 583. The summed E-state index contributed by atoms with van der Waals surface area (Å²) < 4.78 is 0. The van der Waals surface area contributed by atoms with E-state index in [1.54, 1.807) is 12.5 Å². The molecule has 1 heteroatoms. The third-order valence-electron chi connectivity index (χ3n) is 4.92. The Labute approximate surface area is 147 Å². The molecule has 0 unspecified atom stereocenters. The molecule has 0 N–H and O–H groups in total. The summed E-state index contributed by atoms with van der Waals surface area (Å²) in [6.07, 6.45) is 15.4. The number of carbonyl (C=O) groups is 1. The Morgan fingerprint density at radius 3 is 2.29 bits per heavy atom. The zero-order chi connectivity index (χ0) is 17.4. The summed E-state index contributed by atoms with van der Waals surface area (Å²) in [5.41, 5.74) is 4.93. The molecule has 2 aliphatic carbocycles. The average molecular weight is 325 g/mol. The first-order valence-corrected chi connectivity index (χ1v) is 9.65. The van der Waals surface area contributed by atoms with E-state index in [4.69, 9.17) is 0 Å². The fraction of sp³-hybridized carbons (Fsp3) is 0.522. The summed E-state index contributed by atoms with van der Waals surface area (Å²) in [5, 5.41) is 0. The maximum absolute atomic E-state index is 11.3. The first-order valence-electron chi connectivity index (χ1n) is 9.65. The van der Waals surface area contributed by atoms with Gasteiger partial charge in [-0.15, -0.1) is 0 Å². The van der Waals surface area contributed by atoms with Crippen molar-refractivity contribution in [3.05, 3.63) is 53.1 Å². The summed E-state index contributed by atoms with van der Waals surface area (Å²) in [7, 11) is 0. The van der Waals surface area contributed by atoms with Gasteiger partial charge in [0.15, 0.2) is 5.78 Å². The zero-order valence-electron chi connectivity index (χ0n) is 15.6. The summed E-state index contributed by atoms with van der Waals surface area (Å²) in [4.78, 5) is 11.3. The van der Waals surface area contributed by atoms with Crippen molar-refractivity contribution in [2.45, 2.75) is 72.1 Å². The van der Waals surface area contributed by atoms with E-state index < -0.39 is 0 Å². The van der Waals surface area contributed by atoms with E-state index in [0.717, 1.165) is 17.9 Å². The highest BCUT2D eigenvalue weighted by Crippen LogP contribution is 2.33. The molecule has 0 atom stereocenters. The molecule has 0 aliphatic heterocycles. The van der Waals surface area contributed by atoms with E-state index in [1.165, 1.54) is 56.1 Å². The molecular formula is C23H32O. The van der Waals surface area contributed by atoms with Crippen molar-refractivity contribution < 1.29 is 4.79 Å². The van der Waals surface area contributed by atoms with Crippen LogP contribution in [0.5, 0.6) is 0 Å². The monoisotopic (exact) mass is 324 g/mol. The standard InChI is InChI=1S/C20H24O.C3H8/c1-15(21)18-10-12-19(13-11-18)20-9-8-17(14-20)7-6-16-4-2-3-5-16;1-3-2/h9-14,16H,2-8H2,1H3;3H2,1-2H3. The minimum absolute atomic E-state index is 0.134. The highest BCUT2D eigenvalue weighted by molar-refractivity contribution is 5.94. The predicted octanol–water partition coefficient (Wildman–Crippen LogP) is 6.99. The van der Waals surface area contributed by atoms with Crippen LogP contribution in [0, 0.1) is 5.92 Å². The van der Waals surface area contributed by atoms with E-state index in [9.17, 15) is 4.79 Å². The Morgan fingerprint density at radius 1 is 1.08 bits per heavy atom. The third-order valence-corrected chi connectivity index (χ3v) is 4.92. The molecular weight excluding hydrogens is 292 g/mol. The summed E-state index contributed by atoms with van der Waals surface area (Å²) in [6, 6.07) is 8.00. The van der Waals surface area contributed by atoms with Crippen molar-refractivity contribution in [2.24, 2.45) is 5.92 Å². The largest absolute Gasteiger partial charge is 0.295 e. The van der Waals surface area contributed by atoms with Gasteiger partial charge in [0.1, 0.15) is 0 Å². The molecule has 1 aromatic carbocycles. The van der Waals surface area contributed by atoms with E-state index >= 15 is 0 Å². The molecule has 0 bridgehead atoms. The summed E-state index contributed by atoms with van der Waals surface area (Å²) >= 11 is 0. The minimum atomic E-state index is 0.134. The van der Waals surface area contributed by atoms with Gasteiger partial charge >= 0.3 is 0 Å². The lowest BCUT2D eigenvalue weighted by atomic mass is 9.97. The second kappa shape index (κ2) is 9.61. The number of hydrogen-bond donors (Lipinski definition) is 0. The third kappa shape index (κ3) is 5.47. The molecule has 1 nitrogen and oxygen atoms in total. The van der Waals surface area contributed by atoms with Crippen molar-refractivity contribution in [3.8, 4) is 0 Å². The summed E-state index contributed by atoms with van der Waals surface area (Å²) in [5.74, 6) is 1.11. The number of allylic oxidation sites excluding steroid dienone is 4. The van der Waals surface area contributed by atoms with Gasteiger partial charge in [0.2, 0.25) is 0 Å². The van der Waals surface area contributed by atoms with Crippen LogP contribution in [0.25, 0.3) is 5.57 Å². The molecule has 2 aliphatic rings. The van der Waals surface area contributed by atoms with Crippen molar-refractivity contribution in [2.75, 3.05) is 0 Å². The predicted molar refractivity (Wildman–Crippen MR) is 104 cm³/mol. The molecule has 0 amide bonds. The molecule has 130 valence electrons. The van der Waals surface area contributed by atoms with Crippen molar-refractivity contribution >= 4 is 11.4 Å². The number of carbonyl (C=O) groups excluding carboxylic acids is 1. The molecule has 0 saturated heterocycles. The maximum Gasteiger partial charge on any atom is 0.159 e. The molecule has 0 spiro atoms. The number of Topliss-reactive ketones (excluding diaryl/α,β-unsaturated/α-hetero) is 1. The second-order valence-corrected chi connectivity index (χ2v) is 7.20. The lowest BCUT2D eigenvalue weighted by Gasteiger charge is -2.08. The molecule has 1 fully saturated rings. The van der Waals surface area contributed by atoms with Gasteiger partial charge in [-0.3, -0.25) is 4.79 Å². The smallest absolute Gasteiger partial charge is 0.159 e. The molecule has 1 saturated carbocycles. The SMILES string of the molecule is CC(=O)c1ccc(C2=CCC(CCC3CCCC3)=C2)cc1.CCC. The normalized spacial score (nSPS) is 17.1. The number of benzene rings is 1. The van der Waals surface area contributed by atoms with Gasteiger partial charge < -0.3 is 0 Å². The topological polar surface area (TPSA) is 17.1 Å². The Balaban J connectivity index is 0.000000647. The lowest BCUT2D eigenvalue weighted by molar-refractivity contribution is 0.101. The van der Waals surface area contributed by atoms with Crippen molar-refractivity contribution in [1.29, 1.82) is 0 Å². The molecule has 0 radical (unpaired) electrons. The van der Waals surface area contributed by atoms with Gasteiger partial charge in [-0.2, -0.15) is 0 Å². The fourth-order valence-electron chi connectivity index (χ4n) is 3.54. The van der Waals surface area contributed by atoms with E-state index in [-0.39, 0.29) is 5.78 Å². The van der Waals surface area contributed by atoms with Crippen LogP contribution in [0.3, 0.4) is 0 Å². The van der Waals surface area contributed by atoms with E-state index in [2.05, 4.69) is 38.1 Å². The number of ketones is 1. The molecule has 0 aromatic heterocycles. The van der Waals surface area contributed by atoms with Gasteiger partial charge in [0.05, 0.1) is 0 Å². The van der Waals surface area contributed by atoms with Gasteiger partial charge in [0.25, 0.3) is 0 Å². The van der Waals surface area contributed by atoms with Crippen LogP contribution >= 0.6 is 0 Å². The fourth-order valence-corrected chi connectivity index (χ4v) is 3.54. The van der Waals surface area contributed by atoms with Gasteiger partial charge in [-0.25, -0.2) is 0 Å². The van der Waals surface area contributed by atoms with Gasteiger partial charge in [-0.05, 0) is 43.2 Å². The first kappa shape index (κ1) is 18.7. The van der Waals surface area contributed by atoms with Crippen molar-refractivity contribution in [1.82, 2.24) is 0 Å². The van der Waals surface area contributed by atoms with Crippen LogP contribution in [0.4, 0.5) is 0 Å². The maximum atomic E-state index is 11.3. The van der Waals surface area contributed by atoms with Crippen molar-refractivity contribution in [3.63, 3.8) is 0 Å². The first-order chi connectivity index (χ1) is 11.6. The van der Waals surface area contributed by atoms with E-state index in [1.807, 2.05) is 12.1 Å². The molecule has 24 heavy (non-hydrogen) atoms. The van der Waals surface area contributed by atoms with Crippen LogP contribution in [-0.2, 0) is 0 Å². The second-order valence-electron chi connectivity index (χ2n) is 7.20. The van der Waals surface area contributed by atoms with Gasteiger partial charge in [0, 0.05) is 5.56 Å². The molecule has 0 heterocycles. The lowest BCUT2D eigenvalue weighted by Crippen LogP contribution is -1.93. The quantitative estimate of drug-likeness (QED) is 0.533. The molecule has 1 aromatic rings. The van der Waals surface area contributed by atoms with Crippen LogP contribution < -0.4 is 0 Å². The van der Waals surface area contributed by atoms with E-state index in [0.29, 0.717) is 0 Å². The van der Waals surface area contributed by atoms with Crippen LogP contribution in [-0.4, -0.2) is 5.78 Å². The Hall–Kier alpha value is -1.63. The number of hydrogen-bond acceptors (Lipinski definition) is 1. The number of rotatable bonds is 5. The minimum Gasteiger partial charge on any atom is -0.295 e. The average Bonchev–Trinajstić information content (AvgIpc) is 3.25. The Morgan fingerprint density at radius 2 is 1.71 bits per heavy atom. The zero-order valence-corrected chi connectivity index (χ0v) is 15.6. The van der Waals surface area contributed by atoms with Gasteiger partial charge in [-0.1, -0.05) is 87.9 Å². The van der Waals surface area contributed by atoms with Crippen LogP contribution in [0.2, 0.25) is 0 Å². The molecule has 3 rings (SSSR count). The highest BCUT2D eigenvalue weighted by Gasteiger charge is 2.16. The summed E-state index contributed by atoms with van der Waals surface area (Å²) in [6.45, 7) is 5.87. The highest BCUT2D eigenvalue weighted by atomic mass is 16.1. The Kier molecular flexibility index (Phi) is 7.49.